The molecule has 7 heteroatoms. The number of ether oxygens (including phenoxy) is 2. The Bertz CT molecular complexity index is 773. The van der Waals surface area contributed by atoms with Gasteiger partial charge in [0.2, 0.25) is 0 Å². The summed E-state index contributed by atoms with van der Waals surface area (Å²) >= 11 is 0. The fourth-order valence-corrected chi connectivity index (χ4v) is 2.55. The number of aliphatic imine (C=N–C) groups is 1. The summed E-state index contributed by atoms with van der Waals surface area (Å²) in [6.07, 6.45) is 0. The van der Waals surface area contributed by atoms with Crippen molar-refractivity contribution in [3.8, 4) is 5.75 Å². The van der Waals surface area contributed by atoms with Gasteiger partial charge >= 0.3 is 0 Å². The van der Waals surface area contributed by atoms with E-state index in [0.717, 1.165) is 30.3 Å². The van der Waals surface area contributed by atoms with E-state index in [4.69, 9.17) is 9.47 Å². The Hall–Kier alpha value is -3.06. The van der Waals surface area contributed by atoms with Gasteiger partial charge in [0.1, 0.15) is 12.4 Å². The van der Waals surface area contributed by atoms with Crippen LogP contribution in [0.1, 0.15) is 15.9 Å². The number of anilines is 1. The third kappa shape index (κ3) is 5.72. The zero-order valence-electron chi connectivity index (χ0n) is 15.3. The third-order valence-electron chi connectivity index (χ3n) is 4.02. The number of nitrogens with zero attached hydrogens (tertiary/aromatic N) is 1. The lowest BCUT2D eigenvalue weighted by atomic mass is 10.1. The van der Waals surface area contributed by atoms with Crippen molar-refractivity contribution in [2.75, 3.05) is 38.7 Å². The monoisotopic (exact) mass is 368 g/mol. The van der Waals surface area contributed by atoms with Gasteiger partial charge < -0.3 is 25.4 Å². The minimum Gasteiger partial charge on any atom is -0.491 e. The summed E-state index contributed by atoms with van der Waals surface area (Å²) in [6.45, 7) is 3.14. The Kier molecular flexibility index (Phi) is 6.65. The second kappa shape index (κ2) is 9.59. The van der Waals surface area contributed by atoms with Gasteiger partial charge in [0.05, 0.1) is 13.2 Å². The lowest BCUT2D eigenvalue weighted by Crippen LogP contribution is -2.26. The standard InChI is InChI=1S/C20H24N4O3/c1-26-12-13-27-18-8-4-16(5-9-18)19(25)23-14-15-2-6-17(7-3-15)24-20-21-10-11-22-20/h2-9H,10-14H2,1H3,(H,23,25)(H2,21,22,24). The lowest BCUT2D eigenvalue weighted by molar-refractivity contribution is 0.0951. The third-order valence-corrected chi connectivity index (χ3v) is 4.02. The number of amides is 1. The van der Waals surface area contributed by atoms with E-state index in [9.17, 15) is 4.79 Å². The van der Waals surface area contributed by atoms with E-state index in [1.807, 2.05) is 24.3 Å². The Morgan fingerprint density at radius 2 is 1.89 bits per heavy atom. The fourth-order valence-electron chi connectivity index (χ4n) is 2.55. The maximum absolute atomic E-state index is 12.3. The van der Waals surface area contributed by atoms with Crippen molar-refractivity contribution < 1.29 is 14.3 Å². The van der Waals surface area contributed by atoms with Crippen LogP contribution in [0.5, 0.6) is 5.75 Å². The molecule has 1 aliphatic heterocycles. The molecule has 0 radical (unpaired) electrons. The number of carbonyl (C=O) groups is 1. The number of hydrogen-bond acceptors (Lipinski definition) is 6. The molecule has 0 bridgehead atoms. The predicted molar refractivity (Wildman–Crippen MR) is 105 cm³/mol. The Morgan fingerprint density at radius 1 is 1.11 bits per heavy atom. The molecule has 0 aromatic heterocycles. The molecule has 0 unspecified atom stereocenters. The molecule has 0 saturated carbocycles. The van der Waals surface area contributed by atoms with Gasteiger partial charge in [0, 0.05) is 31.5 Å². The number of guanidine groups is 1. The molecule has 0 fully saturated rings. The van der Waals surface area contributed by atoms with Gasteiger partial charge in [-0.1, -0.05) is 12.1 Å². The van der Waals surface area contributed by atoms with Crippen LogP contribution in [0.15, 0.2) is 53.5 Å². The molecular weight excluding hydrogens is 344 g/mol. The van der Waals surface area contributed by atoms with Crippen molar-refractivity contribution in [1.82, 2.24) is 10.6 Å². The van der Waals surface area contributed by atoms with Crippen molar-refractivity contribution in [1.29, 1.82) is 0 Å². The second-order valence-corrected chi connectivity index (χ2v) is 6.03. The summed E-state index contributed by atoms with van der Waals surface area (Å²) in [7, 11) is 1.63. The first kappa shape index (κ1) is 18.7. The molecular formula is C20H24N4O3. The van der Waals surface area contributed by atoms with Crippen LogP contribution >= 0.6 is 0 Å². The predicted octanol–water partition coefficient (Wildman–Crippen LogP) is 2.01. The number of methoxy groups -OCH3 is 1. The maximum Gasteiger partial charge on any atom is 0.251 e. The molecule has 3 N–H and O–H groups in total. The topological polar surface area (TPSA) is 84.0 Å². The summed E-state index contributed by atoms with van der Waals surface area (Å²) in [5.74, 6) is 1.39. The zero-order valence-corrected chi connectivity index (χ0v) is 15.3. The molecule has 2 aromatic carbocycles. The molecule has 0 spiro atoms. The SMILES string of the molecule is COCCOc1ccc(C(=O)NCc2ccc(NC3=NCCN3)cc2)cc1. The van der Waals surface area contributed by atoms with E-state index >= 15 is 0 Å². The van der Waals surface area contributed by atoms with Crippen LogP contribution in [-0.4, -0.2) is 45.3 Å². The number of carbonyl (C=O) groups excluding carboxylic acids is 1. The van der Waals surface area contributed by atoms with Crippen LogP contribution in [0, 0.1) is 0 Å². The molecule has 1 aliphatic rings. The Labute approximate surface area is 158 Å². The summed E-state index contributed by atoms with van der Waals surface area (Å²) in [5, 5.41) is 9.30. The smallest absolute Gasteiger partial charge is 0.251 e. The molecule has 27 heavy (non-hydrogen) atoms. The average molecular weight is 368 g/mol. The van der Waals surface area contributed by atoms with Gasteiger partial charge in [0.25, 0.3) is 5.91 Å². The van der Waals surface area contributed by atoms with Gasteiger partial charge in [-0.3, -0.25) is 9.79 Å². The van der Waals surface area contributed by atoms with Gasteiger partial charge in [0.15, 0.2) is 5.96 Å². The number of rotatable bonds is 8. The highest BCUT2D eigenvalue weighted by Crippen LogP contribution is 2.13. The van der Waals surface area contributed by atoms with Crippen LogP contribution in [0.3, 0.4) is 0 Å². The van der Waals surface area contributed by atoms with Crippen molar-refractivity contribution in [3.63, 3.8) is 0 Å². The largest absolute Gasteiger partial charge is 0.491 e. The first-order valence-corrected chi connectivity index (χ1v) is 8.89. The van der Waals surface area contributed by atoms with E-state index in [1.54, 1.807) is 31.4 Å². The minimum atomic E-state index is -0.120. The molecule has 1 heterocycles. The molecule has 2 aromatic rings. The van der Waals surface area contributed by atoms with Gasteiger partial charge in [-0.05, 0) is 42.0 Å². The minimum absolute atomic E-state index is 0.120. The molecule has 0 atom stereocenters. The first-order chi connectivity index (χ1) is 13.2. The average Bonchev–Trinajstić information content (AvgIpc) is 3.21. The molecule has 0 aliphatic carbocycles. The summed E-state index contributed by atoms with van der Waals surface area (Å²) in [5.41, 5.74) is 2.58. The number of hydrogen-bond donors (Lipinski definition) is 3. The molecule has 1 amide bonds. The molecule has 0 saturated heterocycles. The second-order valence-electron chi connectivity index (χ2n) is 6.03. The normalized spacial score (nSPS) is 12.9. The maximum atomic E-state index is 12.3. The van der Waals surface area contributed by atoms with E-state index in [2.05, 4.69) is 20.9 Å². The molecule has 7 nitrogen and oxygen atoms in total. The van der Waals surface area contributed by atoms with Crippen LogP contribution in [-0.2, 0) is 11.3 Å². The van der Waals surface area contributed by atoms with Crippen molar-refractivity contribution in [2.45, 2.75) is 6.54 Å². The highest BCUT2D eigenvalue weighted by atomic mass is 16.5. The molecule has 3 rings (SSSR count). The lowest BCUT2D eigenvalue weighted by Gasteiger charge is -2.09. The Balaban J connectivity index is 1.46. The first-order valence-electron chi connectivity index (χ1n) is 8.89. The van der Waals surface area contributed by atoms with E-state index < -0.39 is 0 Å². The number of benzene rings is 2. The van der Waals surface area contributed by atoms with Crippen LogP contribution < -0.4 is 20.7 Å². The van der Waals surface area contributed by atoms with E-state index in [0.29, 0.717) is 31.1 Å². The van der Waals surface area contributed by atoms with Gasteiger partial charge in [-0.15, -0.1) is 0 Å². The van der Waals surface area contributed by atoms with Crippen molar-refractivity contribution in [2.24, 2.45) is 4.99 Å². The quantitative estimate of drug-likeness (QED) is 0.621. The fraction of sp³-hybridized carbons (Fsp3) is 0.300. The van der Waals surface area contributed by atoms with Gasteiger partial charge in [-0.25, -0.2) is 0 Å². The van der Waals surface area contributed by atoms with E-state index in [1.165, 1.54) is 0 Å². The van der Waals surface area contributed by atoms with Crippen LogP contribution in [0.25, 0.3) is 0 Å². The zero-order chi connectivity index (χ0) is 18.9. The molecule has 142 valence electrons. The van der Waals surface area contributed by atoms with Crippen molar-refractivity contribution >= 4 is 17.6 Å². The van der Waals surface area contributed by atoms with Crippen LogP contribution in [0.2, 0.25) is 0 Å². The van der Waals surface area contributed by atoms with Gasteiger partial charge in [-0.2, -0.15) is 0 Å². The summed E-state index contributed by atoms with van der Waals surface area (Å²) < 4.78 is 10.4. The summed E-state index contributed by atoms with van der Waals surface area (Å²) in [6, 6.07) is 15.0. The van der Waals surface area contributed by atoms with Crippen LogP contribution in [0.4, 0.5) is 5.69 Å². The van der Waals surface area contributed by atoms with Crippen molar-refractivity contribution in [3.05, 3.63) is 59.7 Å². The number of nitrogens with one attached hydrogen (secondary N) is 3. The highest BCUT2D eigenvalue weighted by molar-refractivity contribution is 5.95. The summed E-state index contributed by atoms with van der Waals surface area (Å²) in [4.78, 5) is 16.6. The highest BCUT2D eigenvalue weighted by Gasteiger charge is 2.07. The van der Waals surface area contributed by atoms with E-state index in [-0.39, 0.29) is 5.91 Å². The Morgan fingerprint density at radius 3 is 2.56 bits per heavy atom.